The van der Waals surface area contributed by atoms with Crippen molar-refractivity contribution in [3.8, 4) is 5.75 Å². The van der Waals surface area contributed by atoms with Crippen molar-refractivity contribution in [2.24, 2.45) is 5.41 Å². The van der Waals surface area contributed by atoms with Gasteiger partial charge in [0.15, 0.2) is 0 Å². The van der Waals surface area contributed by atoms with Gasteiger partial charge in [-0.25, -0.2) is 0 Å². The SMILES string of the molecule is Cc1ccc(C(C)(C)C)c(OCC2(CS)CCOCC2)c1. The Kier molecular flexibility index (Phi) is 5.26. The highest BCUT2D eigenvalue weighted by molar-refractivity contribution is 7.80. The van der Waals surface area contributed by atoms with Gasteiger partial charge in [0.05, 0.1) is 6.61 Å². The van der Waals surface area contributed by atoms with Gasteiger partial charge in [0.25, 0.3) is 0 Å². The Hall–Kier alpha value is -0.670. The Morgan fingerprint density at radius 3 is 2.48 bits per heavy atom. The summed E-state index contributed by atoms with van der Waals surface area (Å²) in [5.74, 6) is 1.88. The molecule has 1 aliphatic rings. The monoisotopic (exact) mass is 308 g/mol. The zero-order valence-corrected chi connectivity index (χ0v) is 14.6. The standard InChI is InChI=1S/C18H28O2S/c1-14-5-6-15(17(2,3)4)16(11-14)20-12-18(13-21)7-9-19-10-8-18/h5-6,11,21H,7-10,12-13H2,1-4H3. The van der Waals surface area contributed by atoms with Gasteiger partial charge in [-0.1, -0.05) is 32.9 Å². The number of benzene rings is 1. The smallest absolute Gasteiger partial charge is 0.123 e. The molecule has 2 rings (SSSR count). The van der Waals surface area contributed by atoms with E-state index in [-0.39, 0.29) is 10.8 Å². The molecule has 1 fully saturated rings. The molecule has 0 atom stereocenters. The quantitative estimate of drug-likeness (QED) is 0.831. The van der Waals surface area contributed by atoms with E-state index in [2.05, 4.69) is 58.5 Å². The minimum absolute atomic E-state index is 0.0901. The van der Waals surface area contributed by atoms with Gasteiger partial charge in [0.1, 0.15) is 5.75 Å². The van der Waals surface area contributed by atoms with Gasteiger partial charge >= 0.3 is 0 Å². The van der Waals surface area contributed by atoms with E-state index < -0.39 is 0 Å². The van der Waals surface area contributed by atoms with E-state index in [1.54, 1.807) is 0 Å². The predicted molar refractivity (Wildman–Crippen MR) is 91.7 cm³/mol. The van der Waals surface area contributed by atoms with E-state index in [1.807, 2.05) is 0 Å². The Bertz CT molecular complexity index is 471. The van der Waals surface area contributed by atoms with Crippen LogP contribution in [0, 0.1) is 12.3 Å². The topological polar surface area (TPSA) is 18.5 Å². The maximum atomic E-state index is 6.27. The molecule has 1 aliphatic heterocycles. The van der Waals surface area contributed by atoms with Crippen LogP contribution in [0.2, 0.25) is 0 Å². The molecular formula is C18H28O2S. The van der Waals surface area contributed by atoms with Crippen LogP contribution in [0.1, 0.15) is 44.7 Å². The lowest BCUT2D eigenvalue weighted by Gasteiger charge is -2.36. The third-order valence-electron chi connectivity index (χ3n) is 4.37. The second-order valence-corrected chi connectivity index (χ2v) is 7.63. The van der Waals surface area contributed by atoms with Crippen molar-refractivity contribution < 1.29 is 9.47 Å². The summed E-state index contributed by atoms with van der Waals surface area (Å²) in [6, 6.07) is 6.52. The Labute approximate surface area is 134 Å². The van der Waals surface area contributed by atoms with E-state index in [1.165, 1.54) is 11.1 Å². The molecule has 0 radical (unpaired) electrons. The molecule has 0 aliphatic carbocycles. The van der Waals surface area contributed by atoms with Crippen molar-refractivity contribution in [3.05, 3.63) is 29.3 Å². The molecule has 1 heterocycles. The molecule has 0 bridgehead atoms. The van der Waals surface area contributed by atoms with Crippen LogP contribution in [0.25, 0.3) is 0 Å². The first-order valence-corrected chi connectivity index (χ1v) is 8.42. The first-order valence-electron chi connectivity index (χ1n) is 7.79. The number of ether oxygens (including phenoxy) is 2. The molecule has 2 nitrogen and oxygen atoms in total. The van der Waals surface area contributed by atoms with Crippen molar-refractivity contribution in [2.75, 3.05) is 25.6 Å². The summed E-state index contributed by atoms with van der Waals surface area (Å²) >= 11 is 4.56. The summed E-state index contributed by atoms with van der Waals surface area (Å²) in [7, 11) is 0. The van der Waals surface area contributed by atoms with Crippen LogP contribution in [-0.2, 0) is 10.2 Å². The summed E-state index contributed by atoms with van der Waals surface area (Å²) in [6.45, 7) is 11.2. The second kappa shape index (κ2) is 6.62. The van der Waals surface area contributed by atoms with Gasteiger partial charge in [0.2, 0.25) is 0 Å². The van der Waals surface area contributed by atoms with Crippen molar-refractivity contribution in [1.29, 1.82) is 0 Å². The number of hydrogen-bond donors (Lipinski definition) is 1. The molecule has 21 heavy (non-hydrogen) atoms. The lowest BCUT2D eigenvalue weighted by Crippen LogP contribution is -2.37. The minimum atomic E-state index is 0.0901. The summed E-state index contributed by atoms with van der Waals surface area (Å²) in [4.78, 5) is 0. The molecule has 3 heteroatoms. The molecule has 1 aromatic carbocycles. The molecule has 0 saturated carbocycles. The zero-order chi connectivity index (χ0) is 15.5. The maximum Gasteiger partial charge on any atom is 0.123 e. The molecule has 0 amide bonds. The summed E-state index contributed by atoms with van der Waals surface area (Å²) < 4.78 is 11.8. The van der Waals surface area contributed by atoms with Crippen LogP contribution >= 0.6 is 12.6 Å². The molecule has 0 aromatic heterocycles. The number of aryl methyl sites for hydroxylation is 1. The predicted octanol–water partition coefficient (Wildman–Crippen LogP) is 4.40. The van der Waals surface area contributed by atoms with Gasteiger partial charge in [-0.3, -0.25) is 0 Å². The van der Waals surface area contributed by atoms with E-state index in [0.29, 0.717) is 0 Å². The van der Waals surface area contributed by atoms with Crippen LogP contribution in [0.5, 0.6) is 5.75 Å². The van der Waals surface area contributed by atoms with Crippen LogP contribution in [0.3, 0.4) is 0 Å². The van der Waals surface area contributed by atoms with E-state index in [4.69, 9.17) is 9.47 Å². The van der Waals surface area contributed by atoms with Crippen LogP contribution in [0.4, 0.5) is 0 Å². The number of thiol groups is 1. The van der Waals surface area contributed by atoms with E-state index in [0.717, 1.165) is 44.2 Å². The zero-order valence-electron chi connectivity index (χ0n) is 13.7. The third kappa shape index (κ3) is 4.17. The molecular weight excluding hydrogens is 280 g/mol. The van der Waals surface area contributed by atoms with Crippen LogP contribution < -0.4 is 4.74 Å². The van der Waals surface area contributed by atoms with Crippen molar-refractivity contribution in [3.63, 3.8) is 0 Å². The van der Waals surface area contributed by atoms with Gasteiger partial charge < -0.3 is 9.47 Å². The summed E-state index contributed by atoms with van der Waals surface area (Å²) in [6.07, 6.45) is 2.07. The average Bonchev–Trinajstić information content (AvgIpc) is 2.45. The van der Waals surface area contributed by atoms with Crippen molar-refractivity contribution in [1.82, 2.24) is 0 Å². The maximum absolute atomic E-state index is 6.27. The van der Waals surface area contributed by atoms with Gasteiger partial charge in [-0.2, -0.15) is 12.6 Å². The average molecular weight is 308 g/mol. The third-order valence-corrected chi connectivity index (χ3v) is 5.04. The highest BCUT2D eigenvalue weighted by Gasteiger charge is 2.32. The van der Waals surface area contributed by atoms with Gasteiger partial charge in [0, 0.05) is 18.6 Å². The van der Waals surface area contributed by atoms with Crippen LogP contribution in [-0.4, -0.2) is 25.6 Å². The highest BCUT2D eigenvalue weighted by Crippen LogP contribution is 2.36. The Balaban J connectivity index is 2.17. The highest BCUT2D eigenvalue weighted by atomic mass is 32.1. The molecule has 0 spiro atoms. The van der Waals surface area contributed by atoms with E-state index >= 15 is 0 Å². The fourth-order valence-electron chi connectivity index (χ4n) is 2.75. The first-order chi connectivity index (χ1) is 9.86. The minimum Gasteiger partial charge on any atom is -0.493 e. The molecule has 1 saturated heterocycles. The molecule has 0 unspecified atom stereocenters. The van der Waals surface area contributed by atoms with Crippen molar-refractivity contribution in [2.45, 2.75) is 46.0 Å². The number of hydrogen-bond acceptors (Lipinski definition) is 3. The summed E-state index contributed by atoms with van der Waals surface area (Å²) in [5.41, 5.74) is 2.76. The van der Waals surface area contributed by atoms with Crippen LogP contribution in [0.15, 0.2) is 18.2 Å². The molecule has 118 valence electrons. The number of rotatable bonds is 4. The second-order valence-electron chi connectivity index (χ2n) is 7.31. The van der Waals surface area contributed by atoms with Gasteiger partial charge in [-0.15, -0.1) is 0 Å². The fraction of sp³-hybridized carbons (Fsp3) is 0.667. The molecule has 1 aromatic rings. The Morgan fingerprint density at radius 1 is 1.24 bits per heavy atom. The van der Waals surface area contributed by atoms with Crippen molar-refractivity contribution >= 4 is 12.6 Å². The molecule has 0 N–H and O–H groups in total. The fourth-order valence-corrected chi connectivity index (χ4v) is 3.16. The van der Waals surface area contributed by atoms with Gasteiger partial charge in [-0.05, 0) is 48.1 Å². The Morgan fingerprint density at radius 2 is 1.90 bits per heavy atom. The lowest BCUT2D eigenvalue weighted by molar-refractivity contribution is 0.00279. The largest absolute Gasteiger partial charge is 0.493 e. The summed E-state index contributed by atoms with van der Waals surface area (Å²) in [5, 5.41) is 0. The normalized spacial score (nSPS) is 18.5. The lowest BCUT2D eigenvalue weighted by atomic mass is 9.82. The first kappa shape index (κ1) is 16.7. The van der Waals surface area contributed by atoms with E-state index in [9.17, 15) is 0 Å².